The maximum atomic E-state index is 11.5. The Hall–Kier alpha value is -1.51. The third-order valence-electron chi connectivity index (χ3n) is 3.36. The van der Waals surface area contributed by atoms with E-state index >= 15 is 0 Å². The predicted molar refractivity (Wildman–Crippen MR) is 65.8 cm³/mol. The number of methoxy groups -OCH3 is 2. The molecule has 17 heavy (non-hydrogen) atoms. The Morgan fingerprint density at radius 2 is 1.94 bits per heavy atom. The van der Waals surface area contributed by atoms with Crippen molar-refractivity contribution in [2.24, 2.45) is 0 Å². The van der Waals surface area contributed by atoms with Gasteiger partial charge in [0.25, 0.3) is 0 Å². The first-order chi connectivity index (χ1) is 8.24. The van der Waals surface area contributed by atoms with Crippen molar-refractivity contribution in [3.05, 3.63) is 23.8 Å². The van der Waals surface area contributed by atoms with E-state index in [9.17, 15) is 4.79 Å². The smallest absolute Gasteiger partial charge is 0.160 e. The fourth-order valence-electron chi connectivity index (χ4n) is 2.42. The lowest BCUT2D eigenvalue weighted by molar-refractivity contribution is -0.120. The molecular formula is C14H18O3. The van der Waals surface area contributed by atoms with Gasteiger partial charge in [-0.05, 0) is 36.5 Å². The summed E-state index contributed by atoms with van der Waals surface area (Å²) < 4.78 is 10.5. The van der Waals surface area contributed by atoms with Crippen molar-refractivity contribution in [3.63, 3.8) is 0 Å². The highest BCUT2D eigenvalue weighted by atomic mass is 16.5. The molecule has 0 heterocycles. The van der Waals surface area contributed by atoms with Gasteiger partial charge in [-0.15, -0.1) is 0 Å². The van der Waals surface area contributed by atoms with Crippen molar-refractivity contribution in [1.82, 2.24) is 0 Å². The second-order valence-corrected chi connectivity index (χ2v) is 4.45. The van der Waals surface area contributed by atoms with Crippen LogP contribution in [0, 0.1) is 0 Å². The lowest BCUT2D eigenvalue weighted by Crippen LogP contribution is -2.13. The molecule has 1 aromatic carbocycles. The number of Topliss-reactive ketones (excluding diaryl/α,β-unsaturated/α-hetero) is 1. The van der Waals surface area contributed by atoms with E-state index in [1.54, 1.807) is 14.2 Å². The molecule has 2 rings (SSSR count). The van der Waals surface area contributed by atoms with Crippen LogP contribution in [0.25, 0.3) is 0 Å². The summed E-state index contributed by atoms with van der Waals surface area (Å²) in [5.74, 6) is 2.19. The average Bonchev–Trinajstić information content (AvgIpc) is 2.38. The highest BCUT2D eigenvalue weighted by Crippen LogP contribution is 2.36. The van der Waals surface area contributed by atoms with Crippen molar-refractivity contribution in [3.8, 4) is 11.5 Å². The Bertz CT molecular complexity index is 412. The first kappa shape index (κ1) is 12.0. The normalized spacial score (nSPS) is 20.1. The Morgan fingerprint density at radius 3 is 2.59 bits per heavy atom. The third-order valence-corrected chi connectivity index (χ3v) is 3.36. The summed E-state index contributed by atoms with van der Waals surface area (Å²) in [6.45, 7) is 0. The van der Waals surface area contributed by atoms with Gasteiger partial charge >= 0.3 is 0 Å². The largest absolute Gasteiger partial charge is 0.493 e. The van der Waals surface area contributed by atoms with Crippen LogP contribution in [-0.2, 0) is 4.79 Å². The number of carbonyl (C=O) groups excluding carboxylic acids is 1. The van der Waals surface area contributed by atoms with Gasteiger partial charge < -0.3 is 9.47 Å². The molecule has 0 radical (unpaired) electrons. The second-order valence-electron chi connectivity index (χ2n) is 4.45. The number of carbonyl (C=O) groups is 1. The van der Waals surface area contributed by atoms with Crippen LogP contribution in [-0.4, -0.2) is 20.0 Å². The van der Waals surface area contributed by atoms with E-state index in [0.29, 0.717) is 18.1 Å². The van der Waals surface area contributed by atoms with E-state index in [2.05, 4.69) is 0 Å². The Kier molecular flexibility index (Phi) is 3.67. The molecule has 0 amide bonds. The Labute approximate surface area is 102 Å². The molecule has 1 aromatic rings. The molecule has 0 aliphatic heterocycles. The molecule has 1 fully saturated rings. The van der Waals surface area contributed by atoms with Crippen LogP contribution in [0.1, 0.15) is 37.2 Å². The van der Waals surface area contributed by atoms with Crippen LogP contribution in [0.5, 0.6) is 11.5 Å². The molecule has 0 N–H and O–H groups in total. The summed E-state index contributed by atoms with van der Waals surface area (Å²) in [4.78, 5) is 11.5. The van der Waals surface area contributed by atoms with Crippen LogP contribution in [0.3, 0.4) is 0 Å². The highest BCUT2D eigenvalue weighted by molar-refractivity contribution is 5.80. The number of rotatable bonds is 3. The minimum atomic E-state index is 0.344. The zero-order valence-corrected chi connectivity index (χ0v) is 10.4. The van der Waals surface area contributed by atoms with Crippen LogP contribution >= 0.6 is 0 Å². The van der Waals surface area contributed by atoms with Gasteiger partial charge in [0.1, 0.15) is 5.78 Å². The van der Waals surface area contributed by atoms with E-state index in [0.717, 1.165) is 30.8 Å². The molecule has 1 aliphatic carbocycles. The number of hydrogen-bond donors (Lipinski definition) is 0. The first-order valence-electron chi connectivity index (χ1n) is 5.98. The standard InChI is InChI=1S/C14H18O3/c1-16-13-7-6-11(9-14(13)17-2)10-4-3-5-12(15)8-10/h6-7,9-10H,3-5,8H2,1-2H3. The number of hydrogen-bond acceptors (Lipinski definition) is 3. The second kappa shape index (κ2) is 5.21. The van der Waals surface area contributed by atoms with E-state index in [1.165, 1.54) is 5.56 Å². The van der Waals surface area contributed by atoms with Crippen LogP contribution in [0.2, 0.25) is 0 Å². The average molecular weight is 234 g/mol. The van der Waals surface area contributed by atoms with Crippen LogP contribution in [0.15, 0.2) is 18.2 Å². The summed E-state index contributed by atoms with van der Waals surface area (Å²) >= 11 is 0. The van der Waals surface area contributed by atoms with Crippen LogP contribution in [0.4, 0.5) is 0 Å². The first-order valence-corrected chi connectivity index (χ1v) is 5.98. The fourth-order valence-corrected chi connectivity index (χ4v) is 2.42. The molecule has 92 valence electrons. The minimum Gasteiger partial charge on any atom is -0.493 e. The van der Waals surface area contributed by atoms with E-state index in [-0.39, 0.29) is 0 Å². The number of benzene rings is 1. The van der Waals surface area contributed by atoms with Crippen LogP contribution < -0.4 is 9.47 Å². The van der Waals surface area contributed by atoms with Gasteiger partial charge in [-0.25, -0.2) is 0 Å². The van der Waals surface area contributed by atoms with Gasteiger partial charge in [-0.2, -0.15) is 0 Å². The monoisotopic (exact) mass is 234 g/mol. The van der Waals surface area contributed by atoms with Gasteiger partial charge in [0.2, 0.25) is 0 Å². The van der Waals surface area contributed by atoms with E-state index in [1.807, 2.05) is 18.2 Å². The summed E-state index contributed by atoms with van der Waals surface area (Å²) in [5.41, 5.74) is 1.18. The van der Waals surface area contributed by atoms with E-state index < -0.39 is 0 Å². The molecule has 1 unspecified atom stereocenters. The third kappa shape index (κ3) is 2.60. The molecule has 0 bridgehead atoms. The molecule has 1 saturated carbocycles. The maximum Gasteiger partial charge on any atom is 0.160 e. The molecular weight excluding hydrogens is 216 g/mol. The Balaban J connectivity index is 2.23. The molecule has 3 heteroatoms. The lowest BCUT2D eigenvalue weighted by atomic mass is 9.83. The summed E-state index contributed by atoms with van der Waals surface area (Å²) in [7, 11) is 3.26. The highest BCUT2D eigenvalue weighted by Gasteiger charge is 2.21. The topological polar surface area (TPSA) is 35.5 Å². The molecule has 1 atom stereocenters. The zero-order valence-electron chi connectivity index (χ0n) is 10.4. The molecule has 0 spiro atoms. The molecule has 1 aliphatic rings. The van der Waals surface area contributed by atoms with Gasteiger partial charge in [0.05, 0.1) is 14.2 Å². The zero-order chi connectivity index (χ0) is 12.3. The van der Waals surface area contributed by atoms with Crippen molar-refractivity contribution < 1.29 is 14.3 Å². The number of ether oxygens (including phenoxy) is 2. The van der Waals surface area contributed by atoms with Crippen molar-refractivity contribution in [2.45, 2.75) is 31.6 Å². The fraction of sp³-hybridized carbons (Fsp3) is 0.500. The minimum absolute atomic E-state index is 0.344. The maximum absolute atomic E-state index is 11.5. The number of ketones is 1. The van der Waals surface area contributed by atoms with Gasteiger partial charge in [0, 0.05) is 12.8 Å². The van der Waals surface area contributed by atoms with Gasteiger partial charge in [-0.3, -0.25) is 4.79 Å². The van der Waals surface area contributed by atoms with Crippen molar-refractivity contribution >= 4 is 5.78 Å². The predicted octanol–water partition coefficient (Wildman–Crippen LogP) is 2.93. The quantitative estimate of drug-likeness (QED) is 0.806. The van der Waals surface area contributed by atoms with Crippen molar-refractivity contribution in [2.75, 3.05) is 14.2 Å². The summed E-state index contributed by atoms with van der Waals surface area (Å²) in [6, 6.07) is 5.93. The molecule has 0 aromatic heterocycles. The lowest BCUT2D eigenvalue weighted by Gasteiger charge is -2.22. The molecule has 3 nitrogen and oxygen atoms in total. The van der Waals surface area contributed by atoms with Crippen molar-refractivity contribution in [1.29, 1.82) is 0 Å². The van der Waals surface area contributed by atoms with Gasteiger partial charge in [0.15, 0.2) is 11.5 Å². The molecule has 0 saturated heterocycles. The summed E-state index contributed by atoms with van der Waals surface area (Å²) in [5, 5.41) is 0. The summed E-state index contributed by atoms with van der Waals surface area (Å²) in [6.07, 6.45) is 3.48. The van der Waals surface area contributed by atoms with Gasteiger partial charge in [-0.1, -0.05) is 6.07 Å². The Morgan fingerprint density at radius 1 is 1.18 bits per heavy atom. The van der Waals surface area contributed by atoms with E-state index in [4.69, 9.17) is 9.47 Å². The SMILES string of the molecule is COc1ccc(C2CCCC(=O)C2)cc1OC.